The van der Waals surface area contributed by atoms with E-state index in [0.29, 0.717) is 16.8 Å². The number of likely N-dealkylation sites (N-methyl/N-ethyl adjacent to an activating group) is 1. The highest BCUT2D eigenvalue weighted by molar-refractivity contribution is 7.80. The van der Waals surface area contributed by atoms with Crippen molar-refractivity contribution in [2.24, 2.45) is 5.73 Å². The average Bonchev–Trinajstić information content (AvgIpc) is 3.11. The third-order valence-electron chi connectivity index (χ3n) is 3.07. The van der Waals surface area contributed by atoms with E-state index in [2.05, 4.69) is 10.3 Å². The molecule has 0 atom stereocenters. The summed E-state index contributed by atoms with van der Waals surface area (Å²) in [5.41, 5.74) is 7.44. The molecule has 1 saturated carbocycles. The molecule has 6 heteroatoms. The molecule has 102 valence electrons. The van der Waals surface area contributed by atoms with Crippen molar-refractivity contribution in [3.05, 3.63) is 23.4 Å². The lowest BCUT2D eigenvalue weighted by atomic mass is 10.1. The molecule has 1 aliphatic rings. The van der Waals surface area contributed by atoms with E-state index in [4.69, 9.17) is 18.0 Å². The number of anilines is 1. The van der Waals surface area contributed by atoms with Crippen molar-refractivity contribution in [2.45, 2.75) is 25.8 Å². The molecule has 2 rings (SSSR count). The van der Waals surface area contributed by atoms with Crippen LogP contribution in [0.5, 0.6) is 0 Å². The van der Waals surface area contributed by atoms with Crippen molar-refractivity contribution >= 4 is 28.9 Å². The zero-order valence-corrected chi connectivity index (χ0v) is 12.0. The molecule has 0 aromatic carbocycles. The van der Waals surface area contributed by atoms with Crippen LogP contribution in [-0.4, -0.2) is 35.5 Å². The highest BCUT2D eigenvalue weighted by atomic mass is 32.1. The summed E-state index contributed by atoms with van der Waals surface area (Å²) in [4.78, 5) is 18.2. The Kier molecular flexibility index (Phi) is 3.99. The maximum Gasteiger partial charge on any atom is 0.239 e. The number of aryl methyl sites for hydroxylation is 1. The molecular formula is C13H18N4OS. The van der Waals surface area contributed by atoms with Gasteiger partial charge in [0.25, 0.3) is 0 Å². The lowest BCUT2D eigenvalue weighted by Crippen LogP contribution is -2.37. The summed E-state index contributed by atoms with van der Waals surface area (Å²) in [6.07, 6.45) is 3.86. The van der Waals surface area contributed by atoms with Crippen LogP contribution in [0.3, 0.4) is 0 Å². The van der Waals surface area contributed by atoms with Crippen LogP contribution in [0.4, 0.5) is 5.82 Å². The Labute approximate surface area is 118 Å². The third kappa shape index (κ3) is 3.41. The number of amides is 1. The first-order valence-corrected chi connectivity index (χ1v) is 6.65. The summed E-state index contributed by atoms with van der Waals surface area (Å²) in [5.74, 6) is 0.653. The quantitative estimate of drug-likeness (QED) is 0.777. The molecule has 1 amide bonds. The fourth-order valence-corrected chi connectivity index (χ4v) is 2.18. The third-order valence-corrected chi connectivity index (χ3v) is 3.27. The van der Waals surface area contributed by atoms with Gasteiger partial charge in [-0.25, -0.2) is 4.98 Å². The molecule has 1 aliphatic carbocycles. The molecular weight excluding hydrogens is 260 g/mol. The number of carbonyl (C=O) groups excluding carboxylic acids is 1. The van der Waals surface area contributed by atoms with E-state index in [1.54, 1.807) is 11.1 Å². The highest BCUT2D eigenvalue weighted by Gasteiger charge is 2.24. The Bertz CT molecular complexity index is 513. The molecule has 19 heavy (non-hydrogen) atoms. The van der Waals surface area contributed by atoms with Gasteiger partial charge in [-0.05, 0) is 31.4 Å². The number of rotatable bonds is 5. The molecule has 0 bridgehead atoms. The number of carbonyl (C=O) groups is 1. The minimum atomic E-state index is 0.00203. The first-order chi connectivity index (χ1) is 8.99. The lowest BCUT2D eigenvalue weighted by Gasteiger charge is -2.21. The van der Waals surface area contributed by atoms with Gasteiger partial charge in [0.05, 0.1) is 12.1 Å². The Morgan fingerprint density at radius 1 is 1.63 bits per heavy atom. The highest BCUT2D eigenvalue weighted by Crippen LogP contribution is 2.21. The van der Waals surface area contributed by atoms with Crippen LogP contribution in [0.15, 0.2) is 12.3 Å². The van der Waals surface area contributed by atoms with Gasteiger partial charge >= 0.3 is 0 Å². The maximum atomic E-state index is 11.8. The smallest absolute Gasteiger partial charge is 0.239 e. The Balaban J connectivity index is 2.13. The molecule has 1 aromatic rings. The van der Waals surface area contributed by atoms with E-state index in [9.17, 15) is 4.79 Å². The monoisotopic (exact) mass is 278 g/mol. The Morgan fingerprint density at radius 3 is 2.89 bits per heavy atom. The lowest BCUT2D eigenvalue weighted by molar-refractivity contribution is -0.119. The van der Waals surface area contributed by atoms with Crippen molar-refractivity contribution in [1.29, 1.82) is 0 Å². The number of pyridine rings is 1. The molecule has 0 radical (unpaired) electrons. The maximum absolute atomic E-state index is 11.8. The van der Waals surface area contributed by atoms with E-state index < -0.39 is 0 Å². The van der Waals surface area contributed by atoms with Gasteiger partial charge in [-0.15, -0.1) is 0 Å². The van der Waals surface area contributed by atoms with Crippen LogP contribution in [0.1, 0.15) is 24.0 Å². The van der Waals surface area contributed by atoms with Gasteiger partial charge in [-0.3, -0.25) is 4.79 Å². The minimum absolute atomic E-state index is 0.00203. The van der Waals surface area contributed by atoms with Gasteiger partial charge in [0, 0.05) is 19.3 Å². The van der Waals surface area contributed by atoms with Gasteiger partial charge in [-0.2, -0.15) is 0 Å². The second-order valence-corrected chi connectivity index (χ2v) is 5.33. The zero-order valence-electron chi connectivity index (χ0n) is 11.1. The van der Waals surface area contributed by atoms with Gasteiger partial charge in [0.15, 0.2) is 0 Å². The zero-order chi connectivity index (χ0) is 14.0. The van der Waals surface area contributed by atoms with Gasteiger partial charge in [-0.1, -0.05) is 12.2 Å². The first kappa shape index (κ1) is 13.7. The van der Waals surface area contributed by atoms with Crippen LogP contribution in [-0.2, 0) is 4.79 Å². The Hall–Kier alpha value is -1.69. The number of nitrogens with zero attached hydrogens (tertiary/aromatic N) is 2. The molecule has 1 aromatic heterocycles. The number of hydrogen-bond donors (Lipinski definition) is 2. The van der Waals surface area contributed by atoms with Crippen LogP contribution in [0.2, 0.25) is 0 Å². The number of nitrogens with two attached hydrogens (primary N) is 1. The van der Waals surface area contributed by atoms with Crippen LogP contribution in [0, 0.1) is 6.92 Å². The summed E-state index contributed by atoms with van der Waals surface area (Å²) in [6.45, 7) is 2.18. The van der Waals surface area contributed by atoms with Crippen molar-refractivity contribution < 1.29 is 4.79 Å². The van der Waals surface area contributed by atoms with E-state index in [1.165, 1.54) is 0 Å². The van der Waals surface area contributed by atoms with Crippen LogP contribution in [0.25, 0.3) is 0 Å². The average molecular weight is 278 g/mol. The predicted molar refractivity (Wildman–Crippen MR) is 79.3 cm³/mol. The van der Waals surface area contributed by atoms with E-state index >= 15 is 0 Å². The summed E-state index contributed by atoms with van der Waals surface area (Å²) in [7, 11) is 1.82. The largest absolute Gasteiger partial charge is 0.389 e. The number of thiocarbonyl (C=S) groups is 1. The summed E-state index contributed by atoms with van der Waals surface area (Å²) in [5, 5.41) is 2.95. The van der Waals surface area contributed by atoms with Gasteiger partial charge < -0.3 is 16.0 Å². The van der Waals surface area contributed by atoms with E-state index in [1.807, 2.05) is 20.0 Å². The molecule has 1 heterocycles. The molecule has 3 N–H and O–H groups in total. The molecule has 1 fully saturated rings. The van der Waals surface area contributed by atoms with Crippen molar-refractivity contribution in [3.8, 4) is 0 Å². The van der Waals surface area contributed by atoms with Crippen molar-refractivity contribution in [1.82, 2.24) is 10.3 Å². The molecule has 0 unspecified atom stereocenters. The number of hydrogen-bond acceptors (Lipinski definition) is 4. The van der Waals surface area contributed by atoms with Gasteiger partial charge in [0.1, 0.15) is 10.8 Å². The number of nitrogens with one attached hydrogen (secondary N) is 1. The van der Waals surface area contributed by atoms with Crippen LogP contribution < -0.4 is 16.0 Å². The van der Waals surface area contributed by atoms with Crippen LogP contribution >= 0.6 is 12.2 Å². The minimum Gasteiger partial charge on any atom is -0.389 e. The second kappa shape index (κ2) is 5.52. The fraction of sp³-hybridized carbons (Fsp3) is 0.462. The standard InChI is InChI=1S/C13H18N4OS/c1-8-5-6-15-13(11(8)12(14)19)17(2)7-10(18)16-9-3-4-9/h5-6,9H,3-4,7H2,1-2H3,(H2,14,19)(H,16,18). The molecule has 0 spiro atoms. The van der Waals surface area contributed by atoms with E-state index in [0.717, 1.165) is 24.0 Å². The molecule has 0 aliphatic heterocycles. The second-order valence-electron chi connectivity index (χ2n) is 4.89. The van der Waals surface area contributed by atoms with Crippen molar-refractivity contribution in [2.75, 3.05) is 18.5 Å². The number of aromatic nitrogens is 1. The Morgan fingerprint density at radius 2 is 2.32 bits per heavy atom. The van der Waals surface area contributed by atoms with Crippen molar-refractivity contribution in [3.63, 3.8) is 0 Å². The topological polar surface area (TPSA) is 71.2 Å². The van der Waals surface area contributed by atoms with Gasteiger partial charge in [0.2, 0.25) is 5.91 Å². The normalized spacial score (nSPS) is 14.0. The summed E-state index contributed by atoms with van der Waals surface area (Å²) < 4.78 is 0. The molecule has 0 saturated heterocycles. The summed E-state index contributed by atoms with van der Waals surface area (Å²) >= 11 is 5.06. The molecule has 5 nitrogen and oxygen atoms in total. The fourth-order valence-electron chi connectivity index (χ4n) is 1.93. The predicted octanol–water partition coefficient (Wildman–Crippen LogP) is 0.739. The summed E-state index contributed by atoms with van der Waals surface area (Å²) in [6, 6.07) is 2.22. The van der Waals surface area contributed by atoms with E-state index in [-0.39, 0.29) is 12.5 Å². The first-order valence-electron chi connectivity index (χ1n) is 6.25. The SMILES string of the molecule is Cc1ccnc(N(C)CC(=O)NC2CC2)c1C(N)=S.